The first-order valence-electron chi connectivity index (χ1n) is 6.75. The number of carbonyl (C=O) groups is 1. The molecular formula is C15H17ClN4O. The SMILES string of the molecule is CCCNC(=O)c1ccc(Nc2cc(Cl)ccc2C)nn1. The largest absolute Gasteiger partial charge is 0.351 e. The van der Waals surface area contributed by atoms with Gasteiger partial charge in [-0.2, -0.15) is 0 Å². The Morgan fingerprint density at radius 2 is 2.05 bits per heavy atom. The summed E-state index contributed by atoms with van der Waals surface area (Å²) in [5.74, 6) is 0.349. The zero-order valence-corrected chi connectivity index (χ0v) is 12.7. The van der Waals surface area contributed by atoms with Crippen molar-refractivity contribution in [3.63, 3.8) is 0 Å². The van der Waals surface area contributed by atoms with Crippen LogP contribution in [0.15, 0.2) is 30.3 Å². The molecule has 0 saturated carbocycles. The van der Waals surface area contributed by atoms with Gasteiger partial charge in [-0.05, 0) is 43.2 Å². The van der Waals surface area contributed by atoms with E-state index in [0.29, 0.717) is 23.1 Å². The van der Waals surface area contributed by atoms with Gasteiger partial charge in [0.2, 0.25) is 0 Å². The molecule has 0 spiro atoms. The van der Waals surface area contributed by atoms with Crippen LogP contribution in [0.25, 0.3) is 0 Å². The molecule has 0 unspecified atom stereocenters. The highest BCUT2D eigenvalue weighted by atomic mass is 35.5. The van der Waals surface area contributed by atoms with Crippen LogP contribution in [0.3, 0.4) is 0 Å². The van der Waals surface area contributed by atoms with Crippen molar-refractivity contribution >= 4 is 29.0 Å². The highest BCUT2D eigenvalue weighted by Crippen LogP contribution is 2.22. The number of aromatic nitrogens is 2. The summed E-state index contributed by atoms with van der Waals surface area (Å²) in [5.41, 5.74) is 2.21. The van der Waals surface area contributed by atoms with E-state index < -0.39 is 0 Å². The average molecular weight is 305 g/mol. The first-order chi connectivity index (χ1) is 10.1. The molecule has 1 aromatic heterocycles. The van der Waals surface area contributed by atoms with E-state index in [9.17, 15) is 4.79 Å². The standard InChI is InChI=1S/C15H17ClN4O/c1-3-8-17-15(21)12-6-7-14(20-19-12)18-13-9-11(16)5-4-10(13)2/h4-7,9H,3,8H2,1-2H3,(H,17,21)(H,18,20). The molecule has 1 heterocycles. The van der Waals surface area contributed by atoms with Crippen molar-refractivity contribution in [3.05, 3.63) is 46.6 Å². The van der Waals surface area contributed by atoms with Gasteiger partial charge in [0, 0.05) is 17.3 Å². The highest BCUT2D eigenvalue weighted by molar-refractivity contribution is 6.30. The van der Waals surface area contributed by atoms with Gasteiger partial charge in [-0.15, -0.1) is 10.2 Å². The molecule has 0 atom stereocenters. The van der Waals surface area contributed by atoms with E-state index in [1.807, 2.05) is 32.0 Å². The lowest BCUT2D eigenvalue weighted by atomic mass is 10.2. The number of benzene rings is 1. The Balaban J connectivity index is 2.09. The Bertz CT molecular complexity index is 628. The summed E-state index contributed by atoms with van der Waals surface area (Å²) in [5, 5.41) is 14.5. The molecule has 2 aromatic rings. The third-order valence-corrected chi connectivity index (χ3v) is 3.13. The summed E-state index contributed by atoms with van der Waals surface area (Å²) in [6.45, 7) is 4.59. The molecule has 1 amide bonds. The van der Waals surface area contributed by atoms with Crippen LogP contribution in [0.4, 0.5) is 11.5 Å². The molecular weight excluding hydrogens is 288 g/mol. The predicted octanol–water partition coefficient (Wildman–Crippen LogP) is 3.32. The summed E-state index contributed by atoms with van der Waals surface area (Å²) in [6, 6.07) is 8.93. The van der Waals surface area contributed by atoms with Crippen molar-refractivity contribution in [1.82, 2.24) is 15.5 Å². The van der Waals surface area contributed by atoms with Gasteiger partial charge in [0.15, 0.2) is 11.5 Å². The molecule has 5 nitrogen and oxygen atoms in total. The van der Waals surface area contributed by atoms with Crippen LogP contribution in [0, 0.1) is 6.92 Å². The van der Waals surface area contributed by atoms with Crippen LogP contribution in [0.1, 0.15) is 29.4 Å². The minimum atomic E-state index is -0.213. The molecule has 0 saturated heterocycles. The molecule has 21 heavy (non-hydrogen) atoms. The monoisotopic (exact) mass is 304 g/mol. The molecule has 2 N–H and O–H groups in total. The summed E-state index contributed by atoms with van der Waals surface area (Å²) >= 11 is 5.97. The normalized spacial score (nSPS) is 10.2. The van der Waals surface area contributed by atoms with Gasteiger partial charge in [0.25, 0.3) is 5.91 Å². The van der Waals surface area contributed by atoms with E-state index in [2.05, 4.69) is 20.8 Å². The fraction of sp³-hybridized carbons (Fsp3) is 0.267. The Labute approximate surface area is 128 Å². The summed E-state index contributed by atoms with van der Waals surface area (Å²) in [4.78, 5) is 11.7. The van der Waals surface area contributed by atoms with E-state index in [1.165, 1.54) is 0 Å². The first kappa shape index (κ1) is 15.3. The number of aryl methyl sites for hydroxylation is 1. The third-order valence-electron chi connectivity index (χ3n) is 2.90. The molecule has 0 aliphatic rings. The molecule has 0 aliphatic carbocycles. The molecule has 110 valence electrons. The highest BCUT2D eigenvalue weighted by Gasteiger charge is 2.07. The van der Waals surface area contributed by atoms with Gasteiger partial charge >= 0.3 is 0 Å². The predicted molar refractivity (Wildman–Crippen MR) is 84.1 cm³/mol. The smallest absolute Gasteiger partial charge is 0.271 e. The van der Waals surface area contributed by atoms with E-state index in [4.69, 9.17) is 11.6 Å². The van der Waals surface area contributed by atoms with Gasteiger partial charge in [-0.25, -0.2) is 0 Å². The second-order valence-corrected chi connectivity index (χ2v) is 5.08. The van der Waals surface area contributed by atoms with Crippen molar-refractivity contribution < 1.29 is 4.79 Å². The number of hydrogen-bond donors (Lipinski definition) is 2. The lowest BCUT2D eigenvalue weighted by Gasteiger charge is -2.09. The number of rotatable bonds is 5. The van der Waals surface area contributed by atoms with Crippen molar-refractivity contribution in [2.24, 2.45) is 0 Å². The van der Waals surface area contributed by atoms with Crippen LogP contribution >= 0.6 is 11.6 Å². The fourth-order valence-corrected chi connectivity index (χ4v) is 1.89. The fourth-order valence-electron chi connectivity index (χ4n) is 1.72. The molecule has 0 fully saturated rings. The Kier molecular flexibility index (Phi) is 5.11. The topological polar surface area (TPSA) is 66.9 Å². The lowest BCUT2D eigenvalue weighted by Crippen LogP contribution is -2.25. The summed E-state index contributed by atoms with van der Waals surface area (Å²) in [6.07, 6.45) is 0.882. The number of amides is 1. The van der Waals surface area contributed by atoms with E-state index in [-0.39, 0.29) is 5.91 Å². The zero-order valence-electron chi connectivity index (χ0n) is 12.0. The quantitative estimate of drug-likeness (QED) is 0.889. The van der Waals surface area contributed by atoms with Crippen molar-refractivity contribution in [2.75, 3.05) is 11.9 Å². The number of carbonyl (C=O) groups excluding carboxylic acids is 1. The molecule has 0 bridgehead atoms. The maximum Gasteiger partial charge on any atom is 0.271 e. The molecule has 0 radical (unpaired) electrons. The molecule has 1 aromatic carbocycles. The van der Waals surface area contributed by atoms with Gasteiger partial charge < -0.3 is 10.6 Å². The summed E-state index contributed by atoms with van der Waals surface area (Å²) in [7, 11) is 0. The number of hydrogen-bond acceptors (Lipinski definition) is 4. The van der Waals surface area contributed by atoms with Crippen LogP contribution < -0.4 is 10.6 Å². The Morgan fingerprint density at radius 3 is 2.71 bits per heavy atom. The second kappa shape index (κ2) is 7.04. The van der Waals surface area contributed by atoms with Crippen molar-refractivity contribution in [1.29, 1.82) is 0 Å². The summed E-state index contributed by atoms with van der Waals surface area (Å²) < 4.78 is 0. The van der Waals surface area contributed by atoms with Gasteiger partial charge in [0.1, 0.15) is 0 Å². The van der Waals surface area contributed by atoms with E-state index in [1.54, 1.807) is 12.1 Å². The number of nitrogens with zero attached hydrogens (tertiary/aromatic N) is 2. The van der Waals surface area contributed by atoms with E-state index >= 15 is 0 Å². The van der Waals surface area contributed by atoms with E-state index in [0.717, 1.165) is 17.7 Å². The van der Waals surface area contributed by atoms with Crippen molar-refractivity contribution in [3.8, 4) is 0 Å². The second-order valence-electron chi connectivity index (χ2n) is 4.64. The lowest BCUT2D eigenvalue weighted by molar-refractivity contribution is 0.0947. The average Bonchev–Trinajstić information content (AvgIpc) is 2.49. The molecule has 0 aliphatic heterocycles. The zero-order chi connectivity index (χ0) is 15.2. The first-order valence-corrected chi connectivity index (χ1v) is 7.13. The van der Waals surface area contributed by atoms with Crippen LogP contribution in [-0.2, 0) is 0 Å². The van der Waals surface area contributed by atoms with Crippen LogP contribution in [-0.4, -0.2) is 22.6 Å². The molecule has 6 heteroatoms. The molecule has 2 rings (SSSR count). The Morgan fingerprint density at radius 1 is 1.24 bits per heavy atom. The van der Waals surface area contributed by atoms with Gasteiger partial charge in [-0.1, -0.05) is 24.6 Å². The minimum absolute atomic E-state index is 0.213. The number of halogens is 1. The number of nitrogens with one attached hydrogen (secondary N) is 2. The van der Waals surface area contributed by atoms with Crippen molar-refractivity contribution in [2.45, 2.75) is 20.3 Å². The van der Waals surface area contributed by atoms with Gasteiger partial charge in [-0.3, -0.25) is 4.79 Å². The Hall–Kier alpha value is -2.14. The number of anilines is 2. The third kappa shape index (κ3) is 4.16. The van der Waals surface area contributed by atoms with Crippen LogP contribution in [0.5, 0.6) is 0 Å². The minimum Gasteiger partial charge on any atom is -0.351 e. The maximum absolute atomic E-state index is 11.7. The maximum atomic E-state index is 11.7. The van der Waals surface area contributed by atoms with Gasteiger partial charge in [0.05, 0.1) is 0 Å². The van der Waals surface area contributed by atoms with Crippen LogP contribution in [0.2, 0.25) is 5.02 Å².